The molecule has 0 amide bonds. The predicted molar refractivity (Wildman–Crippen MR) is 126 cm³/mol. The zero-order chi connectivity index (χ0) is 23.7. The Morgan fingerprint density at radius 1 is 1.12 bits per heavy atom. The molecule has 6 nitrogen and oxygen atoms in total. The second-order valence-electron chi connectivity index (χ2n) is 8.29. The molecule has 1 aliphatic heterocycles. The summed E-state index contributed by atoms with van der Waals surface area (Å²) in [6.07, 6.45) is 9.07. The van der Waals surface area contributed by atoms with Gasteiger partial charge >= 0.3 is 5.97 Å². The van der Waals surface area contributed by atoms with E-state index in [4.69, 9.17) is 23.7 Å². The van der Waals surface area contributed by atoms with E-state index in [0.29, 0.717) is 30.3 Å². The zero-order valence-electron chi connectivity index (χ0n) is 20.1. The lowest BCUT2D eigenvalue weighted by Gasteiger charge is -2.12. The predicted octanol–water partition coefficient (Wildman–Crippen LogP) is 5.25. The number of carbonyl (C=O) groups is 1. The van der Waals surface area contributed by atoms with E-state index < -0.39 is 5.97 Å². The molecule has 0 N–H and O–H groups in total. The molecule has 1 saturated heterocycles. The number of epoxide rings is 1. The molecule has 2 rings (SSSR count). The van der Waals surface area contributed by atoms with Crippen LogP contribution in [0.4, 0.5) is 0 Å². The Morgan fingerprint density at radius 2 is 1.84 bits per heavy atom. The van der Waals surface area contributed by atoms with Gasteiger partial charge in [0, 0.05) is 0 Å². The maximum absolute atomic E-state index is 11.9. The standard InChI is InChI=1S/C26H34O6/c1-18(2)13-14-30-22-12-11-20(15-23(22)31-17-24-26(4,5)32-24)10-8-9-19(3)21(16-28-6)25(27)29-7/h8-13,15-16,24H,14,17H2,1-7H3/b10-8+,19-9-,21-16+/t24-/m0/s1. The topological polar surface area (TPSA) is 66.5 Å². The van der Waals surface area contributed by atoms with Crippen LogP contribution >= 0.6 is 0 Å². The highest BCUT2D eigenvalue weighted by atomic mass is 16.6. The summed E-state index contributed by atoms with van der Waals surface area (Å²) in [7, 11) is 2.83. The Hall–Kier alpha value is -2.99. The van der Waals surface area contributed by atoms with Gasteiger partial charge in [-0.3, -0.25) is 0 Å². The van der Waals surface area contributed by atoms with E-state index in [1.54, 1.807) is 0 Å². The molecule has 0 aromatic heterocycles. The van der Waals surface area contributed by atoms with Crippen molar-refractivity contribution in [1.82, 2.24) is 0 Å². The Kier molecular flexibility index (Phi) is 9.14. The summed E-state index contributed by atoms with van der Waals surface area (Å²) in [5, 5.41) is 0. The summed E-state index contributed by atoms with van der Waals surface area (Å²) in [5.74, 6) is 0.893. The third kappa shape index (κ3) is 7.61. The Labute approximate surface area is 191 Å². The van der Waals surface area contributed by atoms with E-state index in [1.807, 2.05) is 77.1 Å². The number of methoxy groups -OCH3 is 2. The Balaban J connectivity index is 2.17. The van der Waals surface area contributed by atoms with Crippen LogP contribution in [0.1, 0.15) is 40.2 Å². The highest BCUT2D eigenvalue weighted by molar-refractivity contribution is 5.93. The number of esters is 1. The molecule has 0 spiro atoms. The van der Waals surface area contributed by atoms with E-state index in [1.165, 1.54) is 26.1 Å². The van der Waals surface area contributed by atoms with Gasteiger partial charge in [0.15, 0.2) is 11.5 Å². The minimum Gasteiger partial charge on any atom is -0.503 e. The fraction of sp³-hybridized carbons (Fsp3) is 0.423. The molecule has 1 aromatic carbocycles. The van der Waals surface area contributed by atoms with Crippen LogP contribution in [0.5, 0.6) is 11.5 Å². The van der Waals surface area contributed by atoms with Gasteiger partial charge in [-0.15, -0.1) is 0 Å². The van der Waals surface area contributed by atoms with E-state index in [0.717, 1.165) is 11.1 Å². The van der Waals surface area contributed by atoms with Crippen LogP contribution < -0.4 is 9.47 Å². The molecule has 1 atom stereocenters. The second kappa shape index (κ2) is 11.6. The van der Waals surface area contributed by atoms with Crippen LogP contribution in [0.25, 0.3) is 6.08 Å². The van der Waals surface area contributed by atoms with Crippen LogP contribution in [0.3, 0.4) is 0 Å². The number of ether oxygens (including phenoxy) is 5. The van der Waals surface area contributed by atoms with Crippen molar-refractivity contribution in [2.75, 3.05) is 27.4 Å². The first-order valence-corrected chi connectivity index (χ1v) is 10.6. The maximum Gasteiger partial charge on any atom is 0.341 e. The fourth-order valence-corrected chi connectivity index (χ4v) is 2.81. The van der Waals surface area contributed by atoms with Gasteiger partial charge in [-0.1, -0.05) is 29.9 Å². The minimum absolute atomic E-state index is 0.0715. The van der Waals surface area contributed by atoms with Gasteiger partial charge in [0.2, 0.25) is 0 Å². The summed E-state index contributed by atoms with van der Waals surface area (Å²) < 4.78 is 27.3. The van der Waals surface area contributed by atoms with Crippen molar-refractivity contribution in [3.05, 3.63) is 65.0 Å². The van der Waals surface area contributed by atoms with Gasteiger partial charge in [-0.05, 0) is 64.0 Å². The minimum atomic E-state index is -0.451. The van der Waals surface area contributed by atoms with Gasteiger partial charge in [-0.2, -0.15) is 0 Å². The highest BCUT2D eigenvalue weighted by Gasteiger charge is 2.48. The number of carbonyl (C=O) groups excluding carboxylic acids is 1. The van der Waals surface area contributed by atoms with Crippen LogP contribution in [-0.4, -0.2) is 45.1 Å². The van der Waals surface area contributed by atoms with Crippen molar-refractivity contribution in [2.24, 2.45) is 0 Å². The lowest BCUT2D eigenvalue weighted by atomic mass is 10.1. The molecule has 1 fully saturated rings. The molecule has 0 aliphatic carbocycles. The van der Waals surface area contributed by atoms with E-state index >= 15 is 0 Å². The van der Waals surface area contributed by atoms with Crippen molar-refractivity contribution in [2.45, 2.75) is 46.3 Å². The van der Waals surface area contributed by atoms with Crippen LogP contribution in [0.15, 0.2) is 59.4 Å². The average Bonchev–Trinajstić information content (AvgIpc) is 3.37. The van der Waals surface area contributed by atoms with E-state index in [-0.39, 0.29) is 11.7 Å². The average molecular weight is 443 g/mol. The summed E-state index contributed by atoms with van der Waals surface area (Å²) in [4.78, 5) is 11.9. The van der Waals surface area contributed by atoms with Crippen molar-refractivity contribution in [3.63, 3.8) is 0 Å². The molecular formula is C26H34O6. The first-order chi connectivity index (χ1) is 15.2. The number of allylic oxidation sites excluding steroid dienone is 3. The molecule has 32 heavy (non-hydrogen) atoms. The molecule has 174 valence electrons. The van der Waals surface area contributed by atoms with Crippen LogP contribution in [0, 0.1) is 0 Å². The van der Waals surface area contributed by atoms with Crippen molar-refractivity contribution < 1.29 is 28.5 Å². The normalized spacial score (nSPS) is 17.7. The van der Waals surface area contributed by atoms with Crippen molar-refractivity contribution >= 4 is 12.0 Å². The second-order valence-corrected chi connectivity index (χ2v) is 8.29. The van der Waals surface area contributed by atoms with Gasteiger partial charge in [0.1, 0.15) is 19.3 Å². The Morgan fingerprint density at radius 3 is 2.44 bits per heavy atom. The quantitative estimate of drug-likeness (QED) is 0.116. The number of rotatable bonds is 11. The van der Waals surface area contributed by atoms with Gasteiger partial charge in [-0.25, -0.2) is 4.79 Å². The Bertz CT molecular complexity index is 916. The van der Waals surface area contributed by atoms with E-state index in [9.17, 15) is 4.79 Å². The van der Waals surface area contributed by atoms with E-state index in [2.05, 4.69) is 0 Å². The molecule has 6 heteroatoms. The van der Waals surface area contributed by atoms with Gasteiger partial charge in [0.25, 0.3) is 0 Å². The highest BCUT2D eigenvalue weighted by Crippen LogP contribution is 2.37. The lowest BCUT2D eigenvalue weighted by Crippen LogP contribution is -2.12. The lowest BCUT2D eigenvalue weighted by molar-refractivity contribution is -0.135. The fourth-order valence-electron chi connectivity index (χ4n) is 2.81. The smallest absolute Gasteiger partial charge is 0.341 e. The largest absolute Gasteiger partial charge is 0.503 e. The number of benzene rings is 1. The molecule has 0 unspecified atom stereocenters. The van der Waals surface area contributed by atoms with Gasteiger partial charge < -0.3 is 23.7 Å². The third-order valence-electron chi connectivity index (χ3n) is 4.95. The summed E-state index contributed by atoms with van der Waals surface area (Å²) in [6.45, 7) is 10.9. The molecule has 0 bridgehead atoms. The first kappa shape index (κ1) is 25.3. The van der Waals surface area contributed by atoms with Crippen LogP contribution in [-0.2, 0) is 19.0 Å². The molecule has 1 heterocycles. The van der Waals surface area contributed by atoms with Gasteiger partial charge in [0.05, 0.1) is 31.7 Å². The molecule has 0 radical (unpaired) electrons. The SMILES string of the molecule is CO\C=C(C(=O)OC)/C(C)=C\C=C\c1ccc(OCC=C(C)C)c(OC[C@@H]2OC2(C)C)c1. The molecule has 0 saturated carbocycles. The summed E-state index contributed by atoms with van der Waals surface area (Å²) >= 11 is 0. The number of hydrogen-bond acceptors (Lipinski definition) is 6. The maximum atomic E-state index is 11.9. The summed E-state index contributed by atoms with van der Waals surface area (Å²) in [6, 6.07) is 5.78. The molecular weight excluding hydrogens is 408 g/mol. The third-order valence-corrected chi connectivity index (χ3v) is 4.95. The molecule has 1 aliphatic rings. The van der Waals surface area contributed by atoms with Crippen molar-refractivity contribution in [3.8, 4) is 11.5 Å². The summed E-state index contributed by atoms with van der Waals surface area (Å²) in [5.41, 5.74) is 3.07. The zero-order valence-corrected chi connectivity index (χ0v) is 20.1. The number of hydrogen-bond donors (Lipinski definition) is 0. The molecule has 1 aromatic rings. The monoisotopic (exact) mass is 442 g/mol. The first-order valence-electron chi connectivity index (χ1n) is 10.6. The van der Waals surface area contributed by atoms with Crippen LogP contribution in [0.2, 0.25) is 0 Å². The van der Waals surface area contributed by atoms with Crippen molar-refractivity contribution in [1.29, 1.82) is 0 Å².